The molecule has 6 nitrogen and oxygen atoms in total. The Bertz CT molecular complexity index is 824. The van der Waals surface area contributed by atoms with E-state index >= 15 is 0 Å². The molecule has 0 fully saturated rings. The summed E-state index contributed by atoms with van der Waals surface area (Å²) in [6.45, 7) is 6.28. The number of aryl methyl sites for hydroxylation is 1. The van der Waals surface area contributed by atoms with Crippen molar-refractivity contribution in [3.63, 3.8) is 0 Å². The van der Waals surface area contributed by atoms with Crippen LogP contribution in [0.1, 0.15) is 30.5 Å². The van der Waals surface area contributed by atoms with E-state index in [9.17, 15) is 4.79 Å². The smallest absolute Gasteiger partial charge is 0.259 e. The highest BCUT2D eigenvalue weighted by atomic mass is 127. The summed E-state index contributed by atoms with van der Waals surface area (Å²) < 4.78 is 5.58. The minimum absolute atomic E-state index is 0. The molecule has 2 rings (SSSR count). The van der Waals surface area contributed by atoms with Gasteiger partial charge in [-0.3, -0.25) is 4.79 Å². The molecule has 0 heterocycles. The highest BCUT2D eigenvalue weighted by molar-refractivity contribution is 14.0. The third kappa shape index (κ3) is 8.61. The number of nitrogens with zero attached hydrogens (tertiary/aromatic N) is 2. The van der Waals surface area contributed by atoms with Crippen molar-refractivity contribution in [2.75, 3.05) is 27.2 Å². The third-order valence-corrected chi connectivity index (χ3v) is 4.47. The van der Waals surface area contributed by atoms with Crippen molar-refractivity contribution in [1.82, 2.24) is 15.5 Å². The predicted octanol–water partition coefficient (Wildman–Crippen LogP) is 3.59. The van der Waals surface area contributed by atoms with Crippen LogP contribution in [0.5, 0.6) is 5.75 Å². The summed E-state index contributed by atoms with van der Waals surface area (Å²) >= 11 is 0. The molecule has 0 bridgehead atoms. The van der Waals surface area contributed by atoms with Gasteiger partial charge in [-0.25, -0.2) is 4.99 Å². The zero-order valence-corrected chi connectivity index (χ0v) is 20.6. The summed E-state index contributed by atoms with van der Waals surface area (Å²) in [5.41, 5.74) is 3.64. The van der Waals surface area contributed by atoms with Crippen LogP contribution < -0.4 is 15.4 Å². The van der Waals surface area contributed by atoms with Crippen molar-refractivity contribution in [1.29, 1.82) is 0 Å². The van der Waals surface area contributed by atoms with Crippen LogP contribution in [-0.4, -0.2) is 44.0 Å². The maximum absolute atomic E-state index is 11.7. The van der Waals surface area contributed by atoms with Crippen LogP contribution in [0.4, 0.5) is 0 Å². The van der Waals surface area contributed by atoms with Gasteiger partial charge in [0.1, 0.15) is 5.75 Å². The molecule has 0 radical (unpaired) electrons. The van der Waals surface area contributed by atoms with E-state index in [0.717, 1.165) is 31.0 Å². The molecule has 0 aliphatic heterocycles. The normalized spacial score (nSPS) is 10.7. The van der Waals surface area contributed by atoms with E-state index in [0.29, 0.717) is 12.3 Å². The van der Waals surface area contributed by atoms with Gasteiger partial charge >= 0.3 is 0 Å². The number of carbonyl (C=O) groups excluding carboxylic acids is 1. The standard InChI is InChI=1S/C23H32N4O2.HI/c1-5-19-11-7-8-12-20(19)16-26-23(24-6-2)25-15-18-10-9-13-21(14-18)29-17-22(28)27(3)4;/h7-14H,5-6,15-17H2,1-4H3,(H2,24,25,26);1H. The summed E-state index contributed by atoms with van der Waals surface area (Å²) in [5, 5.41) is 6.69. The number of rotatable bonds is 9. The largest absolute Gasteiger partial charge is 0.484 e. The molecule has 0 aliphatic carbocycles. The van der Waals surface area contributed by atoms with E-state index in [1.54, 1.807) is 14.1 Å². The number of carbonyl (C=O) groups is 1. The van der Waals surface area contributed by atoms with E-state index in [1.165, 1.54) is 16.0 Å². The first-order valence-corrected chi connectivity index (χ1v) is 10.0. The Morgan fingerprint density at radius 3 is 2.43 bits per heavy atom. The average molecular weight is 524 g/mol. The molecule has 0 saturated heterocycles. The molecule has 2 aromatic carbocycles. The summed E-state index contributed by atoms with van der Waals surface area (Å²) in [6, 6.07) is 16.1. The first-order valence-electron chi connectivity index (χ1n) is 10.0. The molecule has 0 spiro atoms. The van der Waals surface area contributed by atoms with Crippen LogP contribution >= 0.6 is 24.0 Å². The van der Waals surface area contributed by atoms with E-state index < -0.39 is 0 Å². The fourth-order valence-corrected chi connectivity index (χ4v) is 2.77. The number of halogens is 1. The Kier molecular flexibility index (Phi) is 11.9. The molecule has 164 valence electrons. The lowest BCUT2D eigenvalue weighted by atomic mass is 10.1. The first-order chi connectivity index (χ1) is 14.0. The van der Waals surface area contributed by atoms with Gasteiger partial charge in [-0.05, 0) is 42.2 Å². The SMILES string of the molecule is CCNC(=NCc1cccc(OCC(=O)N(C)C)c1)NCc1ccccc1CC.I. The molecule has 7 heteroatoms. The van der Waals surface area contributed by atoms with E-state index in [2.05, 4.69) is 46.8 Å². The van der Waals surface area contributed by atoms with E-state index in [-0.39, 0.29) is 36.5 Å². The quantitative estimate of drug-likeness (QED) is 0.299. The first kappa shape index (κ1) is 25.7. The molecule has 2 aromatic rings. The number of aliphatic imine (C=N–C) groups is 1. The fourth-order valence-electron chi connectivity index (χ4n) is 2.77. The lowest BCUT2D eigenvalue weighted by Crippen LogP contribution is -2.37. The van der Waals surface area contributed by atoms with Crippen molar-refractivity contribution >= 4 is 35.8 Å². The summed E-state index contributed by atoms with van der Waals surface area (Å²) in [4.78, 5) is 17.9. The summed E-state index contributed by atoms with van der Waals surface area (Å²) in [5.74, 6) is 1.37. The average Bonchev–Trinajstić information content (AvgIpc) is 2.74. The molecule has 0 aromatic heterocycles. The number of guanidine groups is 1. The molecular formula is C23H33IN4O2. The van der Waals surface area contributed by atoms with Crippen LogP contribution in [0, 0.1) is 0 Å². The highest BCUT2D eigenvalue weighted by Gasteiger charge is 2.06. The Balaban J connectivity index is 0.00000450. The van der Waals surface area contributed by atoms with Crippen LogP contribution in [0.25, 0.3) is 0 Å². The molecule has 1 amide bonds. The summed E-state index contributed by atoms with van der Waals surface area (Å²) in [6.07, 6.45) is 1.01. The number of hydrogen-bond acceptors (Lipinski definition) is 3. The molecule has 0 atom stereocenters. The third-order valence-electron chi connectivity index (χ3n) is 4.47. The van der Waals surface area contributed by atoms with Crippen LogP contribution in [0.2, 0.25) is 0 Å². The Hall–Kier alpha value is -2.29. The van der Waals surface area contributed by atoms with Crippen LogP contribution in [0.3, 0.4) is 0 Å². The van der Waals surface area contributed by atoms with Crippen molar-refractivity contribution in [3.8, 4) is 5.75 Å². The van der Waals surface area contributed by atoms with Gasteiger partial charge in [-0.1, -0.05) is 43.3 Å². The Morgan fingerprint density at radius 2 is 1.77 bits per heavy atom. The van der Waals surface area contributed by atoms with Gasteiger partial charge in [-0.2, -0.15) is 0 Å². The molecular weight excluding hydrogens is 491 g/mol. The number of amides is 1. The van der Waals surface area contributed by atoms with Gasteiger partial charge in [0.05, 0.1) is 6.54 Å². The minimum atomic E-state index is -0.0700. The molecule has 0 saturated carbocycles. The van der Waals surface area contributed by atoms with Crippen molar-refractivity contribution in [2.24, 2.45) is 4.99 Å². The zero-order valence-electron chi connectivity index (χ0n) is 18.3. The lowest BCUT2D eigenvalue weighted by Gasteiger charge is -2.14. The molecule has 0 unspecified atom stereocenters. The van der Waals surface area contributed by atoms with E-state index in [4.69, 9.17) is 4.74 Å². The lowest BCUT2D eigenvalue weighted by molar-refractivity contribution is -0.130. The van der Waals surface area contributed by atoms with Crippen LogP contribution in [0.15, 0.2) is 53.5 Å². The number of likely N-dealkylation sites (N-methyl/N-ethyl adjacent to an activating group) is 1. The minimum Gasteiger partial charge on any atom is -0.484 e. The fraction of sp³-hybridized carbons (Fsp3) is 0.391. The Labute approximate surface area is 197 Å². The van der Waals surface area contributed by atoms with Crippen molar-refractivity contribution < 1.29 is 9.53 Å². The zero-order chi connectivity index (χ0) is 21.1. The maximum atomic E-state index is 11.7. The number of nitrogens with one attached hydrogen (secondary N) is 2. The molecule has 0 aliphatic rings. The number of benzene rings is 2. The summed E-state index contributed by atoms with van der Waals surface area (Å²) in [7, 11) is 3.43. The second-order valence-corrected chi connectivity index (χ2v) is 6.90. The molecule has 2 N–H and O–H groups in total. The van der Waals surface area contributed by atoms with Gasteiger partial charge in [-0.15, -0.1) is 24.0 Å². The monoisotopic (exact) mass is 524 g/mol. The maximum Gasteiger partial charge on any atom is 0.259 e. The van der Waals surface area contributed by atoms with Crippen molar-refractivity contribution in [2.45, 2.75) is 33.4 Å². The predicted molar refractivity (Wildman–Crippen MR) is 134 cm³/mol. The van der Waals surface area contributed by atoms with Gasteiger partial charge in [0, 0.05) is 27.2 Å². The van der Waals surface area contributed by atoms with Gasteiger partial charge in [0.2, 0.25) is 0 Å². The topological polar surface area (TPSA) is 66.0 Å². The van der Waals surface area contributed by atoms with Crippen molar-refractivity contribution in [3.05, 3.63) is 65.2 Å². The molecule has 30 heavy (non-hydrogen) atoms. The van der Waals surface area contributed by atoms with E-state index in [1.807, 2.05) is 31.2 Å². The Morgan fingerprint density at radius 1 is 1.03 bits per heavy atom. The highest BCUT2D eigenvalue weighted by Crippen LogP contribution is 2.14. The van der Waals surface area contributed by atoms with Crippen LogP contribution in [-0.2, 0) is 24.3 Å². The number of ether oxygens (including phenoxy) is 1. The number of hydrogen-bond donors (Lipinski definition) is 2. The second kappa shape index (κ2) is 13.8. The van der Waals surface area contributed by atoms with Gasteiger partial charge in [0.15, 0.2) is 12.6 Å². The van der Waals surface area contributed by atoms with Gasteiger partial charge in [0.25, 0.3) is 5.91 Å². The van der Waals surface area contributed by atoms with Gasteiger partial charge < -0.3 is 20.3 Å². The second-order valence-electron chi connectivity index (χ2n) is 6.90.